The summed E-state index contributed by atoms with van der Waals surface area (Å²) in [5.74, 6) is 0.536. The number of nitrogens with zero attached hydrogens (tertiary/aromatic N) is 1. The first-order chi connectivity index (χ1) is 6.11. The molecule has 0 bridgehead atoms. The van der Waals surface area contributed by atoms with Crippen LogP contribution in [0.15, 0.2) is 12.1 Å². The quantitative estimate of drug-likeness (QED) is 0.638. The van der Waals surface area contributed by atoms with Gasteiger partial charge in [0.05, 0.1) is 0 Å². The van der Waals surface area contributed by atoms with Crippen molar-refractivity contribution in [1.29, 1.82) is 0 Å². The molecule has 1 aromatic rings. The molecule has 0 radical (unpaired) electrons. The SMILES string of the molecule is CC.Cc1ccc(C(C)C)nc1C. The Kier molecular flexibility index (Phi) is 5.36. The van der Waals surface area contributed by atoms with Gasteiger partial charge in [0, 0.05) is 11.4 Å². The molecule has 0 amide bonds. The summed E-state index contributed by atoms with van der Waals surface area (Å²) in [5, 5.41) is 0. The summed E-state index contributed by atoms with van der Waals surface area (Å²) >= 11 is 0. The van der Waals surface area contributed by atoms with Gasteiger partial charge in [-0.15, -0.1) is 0 Å². The lowest BCUT2D eigenvalue weighted by molar-refractivity contribution is 0.813. The molecule has 1 nitrogen and oxygen atoms in total. The second-order valence-corrected chi connectivity index (χ2v) is 3.29. The van der Waals surface area contributed by atoms with Gasteiger partial charge in [-0.3, -0.25) is 4.98 Å². The Balaban J connectivity index is 0.000000671. The van der Waals surface area contributed by atoms with Crippen LogP contribution >= 0.6 is 0 Å². The van der Waals surface area contributed by atoms with Crippen molar-refractivity contribution < 1.29 is 0 Å². The van der Waals surface area contributed by atoms with E-state index in [0.717, 1.165) is 5.69 Å². The van der Waals surface area contributed by atoms with Crippen molar-refractivity contribution in [2.24, 2.45) is 0 Å². The molecule has 1 heterocycles. The molecule has 0 aromatic carbocycles. The fourth-order valence-electron chi connectivity index (χ4n) is 0.972. The highest BCUT2D eigenvalue weighted by atomic mass is 14.7. The predicted molar refractivity (Wildman–Crippen MR) is 59.1 cm³/mol. The molecule has 1 heteroatoms. The first kappa shape index (κ1) is 12.2. The van der Waals surface area contributed by atoms with Crippen LogP contribution in [0.25, 0.3) is 0 Å². The molecule has 0 N–H and O–H groups in total. The van der Waals surface area contributed by atoms with Crippen LogP contribution in [-0.4, -0.2) is 4.98 Å². The first-order valence-electron chi connectivity index (χ1n) is 5.05. The zero-order chi connectivity index (χ0) is 10.4. The summed E-state index contributed by atoms with van der Waals surface area (Å²) in [6.07, 6.45) is 0. The molecule has 13 heavy (non-hydrogen) atoms. The van der Waals surface area contributed by atoms with Crippen LogP contribution in [-0.2, 0) is 0 Å². The highest BCUT2D eigenvalue weighted by Crippen LogP contribution is 2.13. The van der Waals surface area contributed by atoms with Crippen LogP contribution in [0.2, 0.25) is 0 Å². The standard InChI is InChI=1S/C10H15N.C2H6/c1-7(2)10-6-5-8(3)9(4)11-10;1-2/h5-7H,1-4H3;1-2H3. The molecule has 0 aliphatic heterocycles. The van der Waals surface area contributed by atoms with E-state index in [2.05, 4.69) is 44.8 Å². The van der Waals surface area contributed by atoms with Crippen molar-refractivity contribution in [3.05, 3.63) is 29.1 Å². The van der Waals surface area contributed by atoms with Crippen molar-refractivity contribution in [2.45, 2.75) is 47.5 Å². The summed E-state index contributed by atoms with van der Waals surface area (Å²) in [4.78, 5) is 4.47. The summed E-state index contributed by atoms with van der Waals surface area (Å²) in [7, 11) is 0. The van der Waals surface area contributed by atoms with Crippen LogP contribution in [0.3, 0.4) is 0 Å². The van der Waals surface area contributed by atoms with Gasteiger partial charge in [0.2, 0.25) is 0 Å². The summed E-state index contributed by atoms with van der Waals surface area (Å²) in [6.45, 7) is 12.5. The summed E-state index contributed by atoms with van der Waals surface area (Å²) in [5.41, 5.74) is 3.61. The maximum atomic E-state index is 4.47. The van der Waals surface area contributed by atoms with Crippen LogP contribution < -0.4 is 0 Å². The molecule has 0 saturated heterocycles. The molecule has 0 aliphatic rings. The Morgan fingerprint density at radius 2 is 1.62 bits per heavy atom. The maximum Gasteiger partial charge on any atom is 0.0432 e. The van der Waals surface area contributed by atoms with E-state index in [1.807, 2.05) is 13.8 Å². The number of aromatic nitrogens is 1. The number of rotatable bonds is 1. The molecule has 1 rings (SSSR count). The van der Waals surface area contributed by atoms with Gasteiger partial charge in [-0.05, 0) is 31.4 Å². The fourth-order valence-corrected chi connectivity index (χ4v) is 0.972. The lowest BCUT2D eigenvalue weighted by Gasteiger charge is -2.06. The van der Waals surface area contributed by atoms with E-state index >= 15 is 0 Å². The molecule has 1 aromatic heterocycles. The Hall–Kier alpha value is -0.850. The maximum absolute atomic E-state index is 4.47. The summed E-state index contributed by atoms with van der Waals surface area (Å²) < 4.78 is 0. The Labute approximate surface area is 82.2 Å². The lowest BCUT2D eigenvalue weighted by Crippen LogP contribution is -1.95. The molecule has 0 saturated carbocycles. The van der Waals surface area contributed by atoms with Crippen molar-refractivity contribution in [2.75, 3.05) is 0 Å². The van der Waals surface area contributed by atoms with Crippen molar-refractivity contribution >= 4 is 0 Å². The van der Waals surface area contributed by atoms with Gasteiger partial charge < -0.3 is 0 Å². The predicted octanol–water partition coefficient (Wildman–Crippen LogP) is 3.85. The Morgan fingerprint density at radius 1 is 1.08 bits per heavy atom. The average Bonchev–Trinajstić information content (AvgIpc) is 2.13. The largest absolute Gasteiger partial charge is 0.258 e. The number of aryl methyl sites for hydroxylation is 2. The highest BCUT2D eigenvalue weighted by Gasteiger charge is 2.00. The van der Waals surface area contributed by atoms with Gasteiger partial charge in [0.1, 0.15) is 0 Å². The zero-order valence-corrected chi connectivity index (χ0v) is 9.68. The third-order valence-corrected chi connectivity index (χ3v) is 1.96. The molecule has 0 spiro atoms. The van der Waals surface area contributed by atoms with Crippen molar-refractivity contribution in [3.8, 4) is 0 Å². The topological polar surface area (TPSA) is 12.9 Å². The minimum Gasteiger partial charge on any atom is -0.258 e. The Morgan fingerprint density at radius 3 is 2.00 bits per heavy atom. The smallest absolute Gasteiger partial charge is 0.0432 e. The molecule has 0 fully saturated rings. The van der Waals surface area contributed by atoms with Gasteiger partial charge in [0.15, 0.2) is 0 Å². The normalized spacial score (nSPS) is 9.46. The van der Waals surface area contributed by atoms with Crippen LogP contribution in [0.1, 0.15) is 50.6 Å². The van der Waals surface area contributed by atoms with Crippen molar-refractivity contribution in [1.82, 2.24) is 4.98 Å². The van der Waals surface area contributed by atoms with E-state index in [9.17, 15) is 0 Å². The first-order valence-corrected chi connectivity index (χ1v) is 5.05. The van der Waals surface area contributed by atoms with E-state index in [1.165, 1.54) is 11.3 Å². The monoisotopic (exact) mass is 179 g/mol. The van der Waals surface area contributed by atoms with Crippen LogP contribution in [0.4, 0.5) is 0 Å². The van der Waals surface area contributed by atoms with Gasteiger partial charge in [0.25, 0.3) is 0 Å². The zero-order valence-electron chi connectivity index (χ0n) is 9.68. The number of hydrogen-bond acceptors (Lipinski definition) is 1. The number of pyridine rings is 1. The van der Waals surface area contributed by atoms with E-state index in [4.69, 9.17) is 0 Å². The third-order valence-electron chi connectivity index (χ3n) is 1.96. The van der Waals surface area contributed by atoms with Crippen molar-refractivity contribution in [3.63, 3.8) is 0 Å². The van der Waals surface area contributed by atoms with Gasteiger partial charge in [-0.25, -0.2) is 0 Å². The van der Waals surface area contributed by atoms with E-state index in [0.29, 0.717) is 5.92 Å². The van der Waals surface area contributed by atoms with E-state index in [1.54, 1.807) is 0 Å². The second-order valence-electron chi connectivity index (χ2n) is 3.29. The summed E-state index contributed by atoms with van der Waals surface area (Å²) in [6, 6.07) is 4.24. The molecule has 0 unspecified atom stereocenters. The molecular formula is C12H21N. The molecule has 74 valence electrons. The molecular weight excluding hydrogens is 158 g/mol. The lowest BCUT2D eigenvalue weighted by atomic mass is 10.1. The third kappa shape index (κ3) is 3.58. The van der Waals surface area contributed by atoms with Gasteiger partial charge in [-0.1, -0.05) is 33.8 Å². The minimum atomic E-state index is 0.536. The van der Waals surface area contributed by atoms with Gasteiger partial charge >= 0.3 is 0 Å². The van der Waals surface area contributed by atoms with Crippen LogP contribution in [0, 0.1) is 13.8 Å². The van der Waals surface area contributed by atoms with Gasteiger partial charge in [-0.2, -0.15) is 0 Å². The molecule has 0 aliphatic carbocycles. The highest BCUT2D eigenvalue weighted by molar-refractivity contribution is 5.21. The number of hydrogen-bond donors (Lipinski definition) is 0. The fraction of sp³-hybridized carbons (Fsp3) is 0.583. The molecule has 0 atom stereocenters. The minimum absolute atomic E-state index is 0.536. The van der Waals surface area contributed by atoms with E-state index in [-0.39, 0.29) is 0 Å². The second kappa shape index (κ2) is 5.74. The Bertz CT molecular complexity index is 251. The van der Waals surface area contributed by atoms with Crippen LogP contribution in [0.5, 0.6) is 0 Å². The van der Waals surface area contributed by atoms with E-state index < -0.39 is 0 Å². The average molecular weight is 179 g/mol.